The van der Waals surface area contributed by atoms with Crippen molar-refractivity contribution in [3.8, 4) is 5.75 Å². The first-order valence-corrected chi connectivity index (χ1v) is 8.86. The molecule has 1 atom stereocenters. The average Bonchev–Trinajstić information content (AvgIpc) is 2.54. The van der Waals surface area contributed by atoms with E-state index < -0.39 is 0 Å². The molecule has 24 heavy (non-hydrogen) atoms. The Labute approximate surface area is 146 Å². The van der Waals surface area contributed by atoms with Gasteiger partial charge in [-0.2, -0.15) is 0 Å². The second-order valence-electron chi connectivity index (χ2n) is 6.94. The number of amides is 2. The average molecular weight is 333 g/mol. The number of ether oxygens (including phenoxy) is 1. The van der Waals surface area contributed by atoms with Gasteiger partial charge in [0.2, 0.25) is 0 Å². The van der Waals surface area contributed by atoms with Crippen LogP contribution in [0.5, 0.6) is 5.75 Å². The van der Waals surface area contributed by atoms with Gasteiger partial charge in [-0.05, 0) is 63.9 Å². The third-order valence-corrected chi connectivity index (χ3v) is 4.54. The van der Waals surface area contributed by atoms with Crippen molar-refractivity contribution >= 4 is 6.03 Å². The third kappa shape index (κ3) is 5.71. The fourth-order valence-corrected chi connectivity index (χ4v) is 3.02. The Morgan fingerprint density at radius 3 is 2.96 bits per heavy atom. The van der Waals surface area contributed by atoms with Crippen molar-refractivity contribution in [2.45, 2.75) is 39.2 Å². The van der Waals surface area contributed by atoms with E-state index in [1.165, 1.54) is 5.56 Å². The molecule has 1 saturated heterocycles. The lowest BCUT2D eigenvalue weighted by Gasteiger charge is -2.31. The van der Waals surface area contributed by atoms with Crippen molar-refractivity contribution in [1.82, 2.24) is 15.1 Å². The van der Waals surface area contributed by atoms with E-state index in [0.29, 0.717) is 13.2 Å². The van der Waals surface area contributed by atoms with Gasteiger partial charge in [-0.3, -0.25) is 0 Å². The first-order chi connectivity index (χ1) is 11.5. The number of carbonyl (C=O) groups excluding carboxylic acids is 1. The van der Waals surface area contributed by atoms with Crippen LogP contribution >= 0.6 is 0 Å². The van der Waals surface area contributed by atoms with Gasteiger partial charge < -0.3 is 19.9 Å². The van der Waals surface area contributed by atoms with E-state index in [4.69, 9.17) is 4.74 Å². The fourth-order valence-electron chi connectivity index (χ4n) is 3.02. The largest absolute Gasteiger partial charge is 0.493 e. The highest BCUT2D eigenvalue weighted by molar-refractivity contribution is 5.74. The van der Waals surface area contributed by atoms with Crippen molar-refractivity contribution in [2.75, 3.05) is 40.3 Å². The molecular formula is C19H31N3O2. The number of piperidine rings is 1. The quantitative estimate of drug-likeness (QED) is 0.814. The maximum Gasteiger partial charge on any atom is 0.317 e. The molecule has 0 aliphatic carbocycles. The first-order valence-electron chi connectivity index (χ1n) is 8.86. The van der Waals surface area contributed by atoms with E-state index in [2.05, 4.69) is 49.3 Å². The Morgan fingerprint density at radius 1 is 1.42 bits per heavy atom. The van der Waals surface area contributed by atoms with Crippen LogP contribution in [-0.2, 0) is 0 Å². The highest BCUT2D eigenvalue weighted by atomic mass is 16.5. The van der Waals surface area contributed by atoms with E-state index in [0.717, 1.165) is 43.7 Å². The second kappa shape index (κ2) is 8.92. The summed E-state index contributed by atoms with van der Waals surface area (Å²) < 4.78 is 5.85. The van der Waals surface area contributed by atoms with Crippen LogP contribution in [0, 0.1) is 13.8 Å². The monoisotopic (exact) mass is 333 g/mol. The van der Waals surface area contributed by atoms with Crippen LogP contribution in [0.4, 0.5) is 4.79 Å². The molecule has 0 saturated carbocycles. The molecule has 1 N–H and O–H groups in total. The summed E-state index contributed by atoms with van der Waals surface area (Å²) in [4.78, 5) is 16.3. The number of aryl methyl sites for hydroxylation is 2. The summed E-state index contributed by atoms with van der Waals surface area (Å²) in [5.74, 6) is 0.937. The number of nitrogens with zero attached hydrogens (tertiary/aromatic N) is 2. The molecule has 1 aliphatic rings. The number of nitrogens with one attached hydrogen (secondary N) is 1. The molecule has 0 aromatic heterocycles. The summed E-state index contributed by atoms with van der Waals surface area (Å²) in [5.41, 5.74) is 2.35. The number of likely N-dealkylation sites (tertiary alicyclic amines) is 1. The van der Waals surface area contributed by atoms with Crippen molar-refractivity contribution in [3.05, 3.63) is 29.3 Å². The van der Waals surface area contributed by atoms with Crippen LogP contribution < -0.4 is 10.1 Å². The van der Waals surface area contributed by atoms with Gasteiger partial charge in [-0.1, -0.05) is 12.1 Å². The topological polar surface area (TPSA) is 44.8 Å². The van der Waals surface area contributed by atoms with Gasteiger partial charge in [0.05, 0.1) is 6.61 Å². The molecule has 1 fully saturated rings. The van der Waals surface area contributed by atoms with Gasteiger partial charge in [0.15, 0.2) is 0 Å². The molecule has 5 nitrogen and oxygen atoms in total. The van der Waals surface area contributed by atoms with E-state index in [-0.39, 0.29) is 12.1 Å². The second-order valence-corrected chi connectivity index (χ2v) is 6.94. The molecule has 1 aliphatic heterocycles. The number of hydrogen-bond donors (Lipinski definition) is 1. The van der Waals surface area contributed by atoms with Crippen LogP contribution in [0.25, 0.3) is 0 Å². The molecule has 2 amide bonds. The standard InChI is InChI=1S/C19H31N3O2/c1-15-8-9-16(2)18(13-15)24-12-6-11-22(4)19(23)20-17-7-5-10-21(3)14-17/h8-9,13,17H,5-7,10-12,14H2,1-4H3,(H,20,23)/t17-/m1/s1. The van der Waals surface area contributed by atoms with E-state index in [1.54, 1.807) is 4.90 Å². The predicted octanol–water partition coefficient (Wildman–Crippen LogP) is 2.81. The van der Waals surface area contributed by atoms with Crippen molar-refractivity contribution in [2.24, 2.45) is 0 Å². The van der Waals surface area contributed by atoms with Crippen LogP contribution in [0.15, 0.2) is 18.2 Å². The summed E-state index contributed by atoms with van der Waals surface area (Å²) in [5, 5.41) is 3.13. The highest BCUT2D eigenvalue weighted by Crippen LogP contribution is 2.19. The lowest BCUT2D eigenvalue weighted by molar-refractivity contribution is 0.183. The maximum absolute atomic E-state index is 12.2. The smallest absolute Gasteiger partial charge is 0.317 e. The number of benzene rings is 1. The third-order valence-electron chi connectivity index (χ3n) is 4.54. The predicted molar refractivity (Wildman–Crippen MR) is 97.7 cm³/mol. The van der Waals surface area contributed by atoms with E-state index in [9.17, 15) is 4.79 Å². The Kier molecular flexibility index (Phi) is 6.91. The molecule has 1 aromatic rings. The molecule has 2 rings (SSSR count). The Balaban J connectivity index is 1.67. The Morgan fingerprint density at radius 2 is 2.21 bits per heavy atom. The SMILES string of the molecule is Cc1ccc(C)c(OCCCN(C)C(=O)N[C@@H]2CCCN(C)C2)c1. The minimum Gasteiger partial charge on any atom is -0.493 e. The van der Waals surface area contributed by atoms with Crippen molar-refractivity contribution in [3.63, 3.8) is 0 Å². The molecule has 1 heterocycles. The molecule has 0 radical (unpaired) electrons. The Hall–Kier alpha value is -1.75. The number of likely N-dealkylation sites (N-methyl/N-ethyl adjacent to an activating group) is 1. The van der Waals surface area contributed by atoms with Crippen LogP contribution in [0.2, 0.25) is 0 Å². The van der Waals surface area contributed by atoms with Gasteiger partial charge in [0.25, 0.3) is 0 Å². The number of hydrogen-bond acceptors (Lipinski definition) is 3. The summed E-state index contributed by atoms with van der Waals surface area (Å²) in [6.45, 7) is 7.49. The van der Waals surface area contributed by atoms with Crippen LogP contribution in [-0.4, -0.2) is 62.2 Å². The zero-order valence-corrected chi connectivity index (χ0v) is 15.5. The zero-order valence-electron chi connectivity index (χ0n) is 15.5. The Bertz CT molecular complexity index is 547. The normalized spacial score (nSPS) is 18.2. The van der Waals surface area contributed by atoms with Crippen molar-refractivity contribution < 1.29 is 9.53 Å². The molecule has 0 unspecified atom stereocenters. The van der Waals surface area contributed by atoms with E-state index >= 15 is 0 Å². The highest BCUT2D eigenvalue weighted by Gasteiger charge is 2.20. The molecular weight excluding hydrogens is 302 g/mol. The van der Waals surface area contributed by atoms with Gasteiger partial charge in [0.1, 0.15) is 5.75 Å². The summed E-state index contributed by atoms with van der Waals surface area (Å²) >= 11 is 0. The van der Waals surface area contributed by atoms with Crippen LogP contribution in [0.1, 0.15) is 30.4 Å². The molecule has 5 heteroatoms. The zero-order chi connectivity index (χ0) is 17.5. The van der Waals surface area contributed by atoms with E-state index in [1.807, 2.05) is 7.05 Å². The minimum atomic E-state index is 0.0158. The maximum atomic E-state index is 12.2. The minimum absolute atomic E-state index is 0.0158. The molecule has 134 valence electrons. The lowest BCUT2D eigenvalue weighted by atomic mass is 10.1. The van der Waals surface area contributed by atoms with Crippen LogP contribution in [0.3, 0.4) is 0 Å². The molecule has 0 spiro atoms. The summed E-state index contributed by atoms with van der Waals surface area (Å²) in [6, 6.07) is 6.51. The first kappa shape index (κ1) is 18.6. The van der Waals surface area contributed by atoms with Gasteiger partial charge in [-0.15, -0.1) is 0 Å². The molecule has 1 aromatic carbocycles. The number of urea groups is 1. The van der Waals surface area contributed by atoms with Gasteiger partial charge in [-0.25, -0.2) is 4.79 Å². The van der Waals surface area contributed by atoms with Crippen molar-refractivity contribution in [1.29, 1.82) is 0 Å². The number of rotatable bonds is 6. The molecule has 0 bridgehead atoms. The summed E-state index contributed by atoms with van der Waals surface area (Å²) in [6.07, 6.45) is 3.04. The van der Waals surface area contributed by atoms with Gasteiger partial charge in [0, 0.05) is 26.2 Å². The number of carbonyl (C=O) groups is 1. The lowest BCUT2D eigenvalue weighted by Crippen LogP contribution is -2.50. The summed E-state index contributed by atoms with van der Waals surface area (Å²) in [7, 11) is 3.95. The fraction of sp³-hybridized carbons (Fsp3) is 0.632. The van der Waals surface area contributed by atoms with Gasteiger partial charge >= 0.3 is 6.03 Å².